The highest BCUT2D eigenvalue weighted by Crippen LogP contribution is 2.32. The van der Waals surface area contributed by atoms with E-state index in [0.717, 1.165) is 39.9 Å². The van der Waals surface area contributed by atoms with Gasteiger partial charge < -0.3 is 4.90 Å². The van der Waals surface area contributed by atoms with Crippen LogP contribution in [-0.2, 0) is 10.0 Å². The van der Waals surface area contributed by atoms with Gasteiger partial charge in [-0.1, -0.05) is 23.5 Å². The number of hydrogen-bond acceptors (Lipinski definition) is 7. The molecule has 1 fully saturated rings. The zero-order valence-electron chi connectivity index (χ0n) is 15.5. The van der Waals surface area contributed by atoms with Crippen LogP contribution < -0.4 is 4.90 Å². The van der Waals surface area contributed by atoms with E-state index in [1.54, 1.807) is 0 Å². The molecule has 1 saturated heterocycles. The van der Waals surface area contributed by atoms with Crippen LogP contribution in [-0.4, -0.2) is 66.0 Å². The van der Waals surface area contributed by atoms with Crippen LogP contribution in [0.5, 0.6) is 0 Å². The maximum atomic E-state index is 11.7. The molecule has 0 bridgehead atoms. The SMILES string of the molecule is CN(C)c1cccc(-c2nn3c(C4CCN(S(C)(=O)=O)CC4)nnc3s2)c1. The van der Waals surface area contributed by atoms with Crippen molar-refractivity contribution in [3.05, 3.63) is 30.1 Å². The van der Waals surface area contributed by atoms with E-state index in [4.69, 9.17) is 5.10 Å². The van der Waals surface area contributed by atoms with E-state index >= 15 is 0 Å². The summed E-state index contributed by atoms with van der Waals surface area (Å²) in [7, 11) is 0.894. The number of anilines is 1. The van der Waals surface area contributed by atoms with E-state index in [1.165, 1.54) is 21.9 Å². The summed E-state index contributed by atoms with van der Waals surface area (Å²) in [6, 6.07) is 8.23. The van der Waals surface area contributed by atoms with Gasteiger partial charge in [0.25, 0.3) is 0 Å². The summed E-state index contributed by atoms with van der Waals surface area (Å²) in [6.45, 7) is 1.03. The van der Waals surface area contributed by atoms with Crippen molar-refractivity contribution in [1.29, 1.82) is 0 Å². The fourth-order valence-electron chi connectivity index (χ4n) is 3.37. The lowest BCUT2D eigenvalue weighted by molar-refractivity contribution is 0.313. The van der Waals surface area contributed by atoms with Crippen molar-refractivity contribution in [3.63, 3.8) is 0 Å². The third-order valence-corrected chi connectivity index (χ3v) is 7.16. The van der Waals surface area contributed by atoms with Gasteiger partial charge in [-0.3, -0.25) is 0 Å². The molecule has 0 unspecified atom stereocenters. The molecule has 0 atom stereocenters. The summed E-state index contributed by atoms with van der Waals surface area (Å²) in [6.07, 6.45) is 2.73. The molecule has 0 saturated carbocycles. The largest absolute Gasteiger partial charge is 0.378 e. The predicted octanol–water partition coefficient (Wildman–Crippen LogP) is 2.06. The fraction of sp³-hybridized carbons (Fsp3) is 0.471. The zero-order valence-corrected chi connectivity index (χ0v) is 17.2. The number of fused-ring (bicyclic) bond motifs is 1. The number of piperidine rings is 1. The molecule has 0 N–H and O–H groups in total. The molecule has 2 aromatic heterocycles. The molecule has 144 valence electrons. The van der Waals surface area contributed by atoms with Crippen LogP contribution in [0, 0.1) is 0 Å². The van der Waals surface area contributed by atoms with Crippen LogP contribution in [0.4, 0.5) is 5.69 Å². The molecule has 1 aliphatic heterocycles. The van der Waals surface area contributed by atoms with Gasteiger partial charge in [-0.05, 0) is 25.0 Å². The van der Waals surface area contributed by atoms with Gasteiger partial charge in [0.2, 0.25) is 15.0 Å². The van der Waals surface area contributed by atoms with Gasteiger partial charge in [0, 0.05) is 44.4 Å². The van der Waals surface area contributed by atoms with E-state index in [2.05, 4.69) is 27.2 Å². The average Bonchev–Trinajstić information content (AvgIpc) is 3.22. The number of sulfonamides is 1. The van der Waals surface area contributed by atoms with Crippen molar-refractivity contribution >= 4 is 32.0 Å². The molecule has 3 heterocycles. The van der Waals surface area contributed by atoms with Gasteiger partial charge in [0.05, 0.1) is 6.26 Å². The highest BCUT2D eigenvalue weighted by Gasteiger charge is 2.29. The first-order chi connectivity index (χ1) is 12.8. The minimum Gasteiger partial charge on any atom is -0.378 e. The lowest BCUT2D eigenvalue weighted by Crippen LogP contribution is -2.37. The number of benzene rings is 1. The zero-order chi connectivity index (χ0) is 19.2. The molecule has 8 nitrogen and oxygen atoms in total. The summed E-state index contributed by atoms with van der Waals surface area (Å²) in [5.74, 6) is 0.991. The minimum atomic E-state index is -3.13. The Morgan fingerprint density at radius 2 is 1.93 bits per heavy atom. The molecule has 27 heavy (non-hydrogen) atoms. The van der Waals surface area contributed by atoms with Gasteiger partial charge in [-0.2, -0.15) is 9.61 Å². The summed E-state index contributed by atoms with van der Waals surface area (Å²) in [5, 5.41) is 14.3. The van der Waals surface area contributed by atoms with E-state index in [1.807, 2.05) is 30.7 Å². The number of nitrogens with zero attached hydrogens (tertiary/aromatic N) is 6. The van der Waals surface area contributed by atoms with E-state index in [-0.39, 0.29) is 5.92 Å². The van der Waals surface area contributed by atoms with Crippen molar-refractivity contribution in [2.75, 3.05) is 38.3 Å². The van der Waals surface area contributed by atoms with Gasteiger partial charge in [0.15, 0.2) is 5.82 Å². The Kier molecular flexibility index (Phi) is 4.65. The smallest absolute Gasteiger partial charge is 0.234 e. The Balaban J connectivity index is 1.61. The highest BCUT2D eigenvalue weighted by atomic mass is 32.2. The van der Waals surface area contributed by atoms with Crippen LogP contribution in [0.1, 0.15) is 24.6 Å². The molecule has 10 heteroatoms. The van der Waals surface area contributed by atoms with Crippen molar-refractivity contribution < 1.29 is 8.42 Å². The standard InChI is InChI=1S/C17H22N6O2S2/c1-21(2)14-6-4-5-13(11-14)16-20-23-15(18-19-17(23)26-16)12-7-9-22(10-8-12)27(3,24)25/h4-6,11-12H,7-10H2,1-3H3. The summed E-state index contributed by atoms with van der Waals surface area (Å²) < 4.78 is 26.8. The molecule has 0 spiro atoms. The van der Waals surface area contributed by atoms with Crippen molar-refractivity contribution in [2.24, 2.45) is 0 Å². The van der Waals surface area contributed by atoms with Crippen LogP contribution in [0.3, 0.4) is 0 Å². The number of hydrogen-bond donors (Lipinski definition) is 0. The maximum absolute atomic E-state index is 11.7. The fourth-order valence-corrected chi connectivity index (χ4v) is 5.08. The molecule has 0 amide bonds. The number of rotatable bonds is 4. The summed E-state index contributed by atoms with van der Waals surface area (Å²) >= 11 is 1.51. The Labute approximate surface area is 162 Å². The normalized spacial score (nSPS) is 16.9. The van der Waals surface area contributed by atoms with Crippen LogP contribution in [0.2, 0.25) is 0 Å². The lowest BCUT2D eigenvalue weighted by Gasteiger charge is -2.28. The second-order valence-corrected chi connectivity index (χ2v) is 9.98. The first kappa shape index (κ1) is 18.3. The van der Waals surface area contributed by atoms with E-state index in [0.29, 0.717) is 13.1 Å². The molecule has 1 aliphatic rings. The third kappa shape index (κ3) is 3.56. The van der Waals surface area contributed by atoms with E-state index < -0.39 is 10.0 Å². The Bertz CT molecular complexity index is 1060. The Morgan fingerprint density at radius 3 is 2.59 bits per heavy atom. The lowest BCUT2D eigenvalue weighted by atomic mass is 9.97. The molecule has 1 aromatic carbocycles. The van der Waals surface area contributed by atoms with Crippen LogP contribution in [0.15, 0.2) is 24.3 Å². The minimum absolute atomic E-state index is 0.168. The predicted molar refractivity (Wildman–Crippen MR) is 107 cm³/mol. The maximum Gasteiger partial charge on any atom is 0.234 e. The summed E-state index contributed by atoms with van der Waals surface area (Å²) in [4.78, 5) is 2.82. The quantitative estimate of drug-likeness (QED) is 0.659. The van der Waals surface area contributed by atoms with Crippen molar-refractivity contribution in [1.82, 2.24) is 24.1 Å². The summed E-state index contributed by atoms with van der Waals surface area (Å²) in [5.41, 5.74) is 2.17. The van der Waals surface area contributed by atoms with Gasteiger partial charge in [-0.25, -0.2) is 12.7 Å². The number of aromatic nitrogens is 4. The van der Waals surface area contributed by atoms with Gasteiger partial charge in [0.1, 0.15) is 5.01 Å². The first-order valence-electron chi connectivity index (χ1n) is 8.78. The topological polar surface area (TPSA) is 83.7 Å². The Hall–Kier alpha value is -2.04. The van der Waals surface area contributed by atoms with Gasteiger partial charge >= 0.3 is 0 Å². The van der Waals surface area contributed by atoms with Gasteiger partial charge in [-0.15, -0.1) is 10.2 Å². The molecular weight excluding hydrogens is 384 g/mol. The highest BCUT2D eigenvalue weighted by molar-refractivity contribution is 7.88. The van der Waals surface area contributed by atoms with Crippen molar-refractivity contribution in [3.8, 4) is 10.6 Å². The van der Waals surface area contributed by atoms with E-state index in [9.17, 15) is 8.42 Å². The third-order valence-electron chi connectivity index (χ3n) is 4.91. The molecule has 0 radical (unpaired) electrons. The second kappa shape index (κ2) is 6.84. The van der Waals surface area contributed by atoms with Crippen molar-refractivity contribution in [2.45, 2.75) is 18.8 Å². The first-order valence-corrected chi connectivity index (χ1v) is 11.4. The molecular formula is C17H22N6O2S2. The monoisotopic (exact) mass is 406 g/mol. The molecule has 0 aliphatic carbocycles. The molecule has 3 aromatic rings. The second-order valence-electron chi connectivity index (χ2n) is 7.04. The van der Waals surface area contributed by atoms with Crippen LogP contribution in [0.25, 0.3) is 15.5 Å². The Morgan fingerprint density at radius 1 is 1.19 bits per heavy atom. The average molecular weight is 407 g/mol. The molecule has 4 rings (SSSR count). The van der Waals surface area contributed by atoms with Crippen LogP contribution >= 0.6 is 11.3 Å².